The van der Waals surface area contributed by atoms with E-state index in [9.17, 15) is 0 Å². The first-order valence-electron chi connectivity index (χ1n) is 26.0. The second kappa shape index (κ2) is 18.8. The van der Waals surface area contributed by atoms with Crippen LogP contribution >= 0.6 is 0 Å². The Balaban J connectivity index is 1.25. The van der Waals surface area contributed by atoms with Gasteiger partial charge in [-0.15, -0.1) is 0 Å². The Morgan fingerprint density at radius 3 is 1.60 bits per heavy atom. The monoisotopic (exact) mass is 940 g/mol. The highest BCUT2D eigenvalue weighted by molar-refractivity contribution is 5.83. The number of nitrogens with zero attached hydrogens (tertiary/aromatic N) is 4. The number of pyridine rings is 2. The number of fused-ring (bicyclic) bond motifs is 5. The number of aryl methyl sites for hydroxylation is 6. The molecular weight excluding hydrogens is 873 g/mol. The minimum absolute atomic E-state index is 0.0267. The van der Waals surface area contributed by atoms with E-state index in [0.29, 0.717) is 11.8 Å². The van der Waals surface area contributed by atoms with Crippen molar-refractivity contribution in [3.8, 4) is 61.8 Å². The average Bonchev–Trinajstić information content (AvgIpc) is 3.90. The maximum absolute atomic E-state index is 2.75. The number of rotatable bonds is 11. The van der Waals surface area contributed by atoms with E-state index in [2.05, 4.69) is 276 Å². The second-order valence-corrected chi connectivity index (χ2v) is 21.1. The second-order valence-electron chi connectivity index (χ2n) is 21.1. The molecule has 0 saturated heterocycles. The van der Waals surface area contributed by atoms with Gasteiger partial charge < -0.3 is 0 Å². The lowest BCUT2D eigenvalue weighted by Gasteiger charge is -2.27. The smallest absolute Gasteiger partial charge is 0.215 e. The highest BCUT2D eigenvalue weighted by atomic mass is 15.2. The van der Waals surface area contributed by atoms with Gasteiger partial charge in [-0.2, -0.15) is 4.57 Å². The molecule has 7 aromatic carbocycles. The van der Waals surface area contributed by atoms with Gasteiger partial charge in [-0.05, 0) is 121 Å². The molecule has 1 aliphatic heterocycles. The molecule has 0 spiro atoms. The summed E-state index contributed by atoms with van der Waals surface area (Å²) in [7, 11) is 4.43. The highest BCUT2D eigenvalue weighted by Crippen LogP contribution is 2.50. The summed E-state index contributed by atoms with van der Waals surface area (Å²) in [5, 5.41) is 0. The Morgan fingerprint density at radius 1 is 0.458 bits per heavy atom. The zero-order valence-corrected chi connectivity index (χ0v) is 43.7. The van der Waals surface area contributed by atoms with E-state index in [4.69, 9.17) is 0 Å². The Kier molecular flexibility index (Phi) is 12.2. The summed E-state index contributed by atoms with van der Waals surface area (Å²) in [6.07, 6.45) is 5.39. The first kappa shape index (κ1) is 46.7. The van der Waals surface area contributed by atoms with Crippen LogP contribution in [-0.2, 0) is 20.5 Å². The fourth-order valence-corrected chi connectivity index (χ4v) is 11.9. The van der Waals surface area contributed by atoms with E-state index in [0.717, 1.165) is 6.42 Å². The number of aromatic nitrogens is 4. The van der Waals surface area contributed by atoms with Gasteiger partial charge in [-0.25, -0.2) is 13.7 Å². The molecule has 0 bridgehead atoms. The molecule has 3 aromatic heterocycles. The van der Waals surface area contributed by atoms with E-state index < -0.39 is 0 Å². The lowest BCUT2D eigenvalue weighted by molar-refractivity contribution is -0.676. The molecule has 0 saturated carbocycles. The first-order chi connectivity index (χ1) is 34.9. The van der Waals surface area contributed by atoms with Crippen molar-refractivity contribution in [3.05, 3.63) is 238 Å². The molecule has 10 aromatic rings. The predicted octanol–water partition coefficient (Wildman–Crippen LogP) is 15.3. The Bertz CT molecular complexity index is 3660. The molecule has 2 atom stereocenters. The molecule has 1 aliphatic rings. The van der Waals surface area contributed by atoms with Gasteiger partial charge in [0.25, 0.3) is 5.82 Å². The van der Waals surface area contributed by atoms with E-state index in [1.54, 1.807) is 0 Å². The number of para-hydroxylation sites is 3. The van der Waals surface area contributed by atoms with Crippen LogP contribution in [0.15, 0.2) is 188 Å². The van der Waals surface area contributed by atoms with Crippen LogP contribution < -0.4 is 13.7 Å². The van der Waals surface area contributed by atoms with Crippen molar-refractivity contribution < 1.29 is 13.7 Å². The van der Waals surface area contributed by atoms with Gasteiger partial charge in [-0.3, -0.25) is 0 Å². The summed E-state index contributed by atoms with van der Waals surface area (Å²) >= 11 is 0. The summed E-state index contributed by atoms with van der Waals surface area (Å²) < 4.78 is 10.1. The molecular formula is C68H67N4+3. The summed E-state index contributed by atoms with van der Waals surface area (Å²) in [6.45, 7) is 18.3. The van der Waals surface area contributed by atoms with Gasteiger partial charge in [0.15, 0.2) is 23.4 Å². The lowest BCUT2D eigenvalue weighted by atomic mass is 9.78. The molecule has 2 unspecified atom stereocenters. The Labute approximate surface area is 427 Å². The Morgan fingerprint density at radius 2 is 0.986 bits per heavy atom. The van der Waals surface area contributed by atoms with Crippen molar-refractivity contribution in [1.82, 2.24) is 4.57 Å². The van der Waals surface area contributed by atoms with Gasteiger partial charge in [0.05, 0.1) is 11.1 Å². The quantitative estimate of drug-likeness (QED) is 0.115. The largest absolute Gasteiger partial charge is 0.296 e. The number of hydrogen-bond acceptors (Lipinski definition) is 0. The molecule has 0 aliphatic carbocycles. The standard InChI is InChI=1S/C68H67N4/c1-43(2)54-28-21-29-55(44(3)4)66(54)71-62-30-19-20-31-63(62)72-67(57-26-17-18-27-58(57)68(71)72)61(56-35-34-52(50-24-15-12-16-25-50)39-60(56)65-37-46(6)48(8)42-70(65)10)40-53-33-32-51(49-22-13-11-14-23-49)38-59(53)64-36-45(5)47(7)41-69(64)9/h11-39,41-44,61,67H,40H2,1-10H3/q+3. The molecule has 0 N–H and O–H groups in total. The van der Waals surface area contributed by atoms with Crippen LogP contribution in [0, 0.1) is 27.7 Å². The minimum atomic E-state index is -0.0654. The van der Waals surface area contributed by atoms with E-state index in [1.165, 1.54) is 123 Å². The zero-order valence-electron chi connectivity index (χ0n) is 43.7. The van der Waals surface area contributed by atoms with Crippen LogP contribution in [0.5, 0.6) is 0 Å². The number of imidazole rings is 1. The van der Waals surface area contributed by atoms with Crippen molar-refractivity contribution in [2.24, 2.45) is 14.1 Å². The predicted molar refractivity (Wildman–Crippen MR) is 298 cm³/mol. The summed E-state index contributed by atoms with van der Waals surface area (Å²) in [6, 6.07) is 66.6. The number of benzene rings is 7. The molecule has 4 heteroatoms. The maximum atomic E-state index is 2.75. The van der Waals surface area contributed by atoms with Gasteiger partial charge in [-0.1, -0.05) is 161 Å². The van der Waals surface area contributed by atoms with E-state index >= 15 is 0 Å². The number of hydrogen-bond donors (Lipinski definition) is 0. The molecule has 0 fully saturated rings. The summed E-state index contributed by atoms with van der Waals surface area (Å²) in [5.41, 5.74) is 26.8. The molecule has 356 valence electrons. The normalized spacial score (nSPS) is 13.5. The molecule has 0 amide bonds. The SMILES string of the molecule is Cc1cc(-c2cc(-c3ccccc3)ccc2CC(c2ccc(-c3ccccc3)cc2-c2cc(C)c(C)c[n+]2C)C2c3ccccc3-c3n(-c4c(C(C)C)cccc4C(C)C)c4ccccc4[n+]32)[n+](C)cc1C. The van der Waals surface area contributed by atoms with Crippen LogP contribution in [0.2, 0.25) is 0 Å². The summed E-state index contributed by atoms with van der Waals surface area (Å²) in [5.74, 6) is 1.88. The van der Waals surface area contributed by atoms with Crippen LogP contribution in [0.25, 0.3) is 72.9 Å². The van der Waals surface area contributed by atoms with E-state index in [-0.39, 0.29) is 12.0 Å². The minimum Gasteiger partial charge on any atom is -0.215 e. The molecule has 4 heterocycles. The lowest BCUT2D eigenvalue weighted by Crippen LogP contribution is -2.42. The van der Waals surface area contributed by atoms with Crippen molar-refractivity contribution in [2.45, 2.75) is 85.6 Å². The van der Waals surface area contributed by atoms with Crippen molar-refractivity contribution in [2.75, 3.05) is 0 Å². The third-order valence-electron chi connectivity index (χ3n) is 15.8. The van der Waals surface area contributed by atoms with Gasteiger partial charge >= 0.3 is 0 Å². The molecule has 0 radical (unpaired) electrons. The molecule has 11 rings (SSSR count). The van der Waals surface area contributed by atoms with Gasteiger partial charge in [0.1, 0.15) is 25.8 Å². The van der Waals surface area contributed by atoms with Crippen LogP contribution in [0.1, 0.15) is 102 Å². The highest BCUT2D eigenvalue weighted by Gasteiger charge is 2.47. The van der Waals surface area contributed by atoms with Crippen LogP contribution in [0.4, 0.5) is 0 Å². The first-order valence-corrected chi connectivity index (χ1v) is 26.0. The molecule has 72 heavy (non-hydrogen) atoms. The van der Waals surface area contributed by atoms with E-state index in [1.807, 2.05) is 0 Å². The van der Waals surface area contributed by atoms with Crippen molar-refractivity contribution in [1.29, 1.82) is 0 Å². The topological polar surface area (TPSA) is 16.6 Å². The third-order valence-corrected chi connectivity index (χ3v) is 15.8. The van der Waals surface area contributed by atoms with Crippen molar-refractivity contribution in [3.63, 3.8) is 0 Å². The van der Waals surface area contributed by atoms with Crippen LogP contribution in [-0.4, -0.2) is 4.57 Å². The fraction of sp³-hybridized carbons (Fsp3) is 0.221. The average molecular weight is 940 g/mol. The van der Waals surface area contributed by atoms with Crippen molar-refractivity contribution >= 4 is 11.0 Å². The van der Waals surface area contributed by atoms with Gasteiger partial charge in [0.2, 0.25) is 11.4 Å². The fourth-order valence-electron chi connectivity index (χ4n) is 11.9. The zero-order chi connectivity index (χ0) is 49.9. The van der Waals surface area contributed by atoms with Crippen LogP contribution in [0.3, 0.4) is 0 Å². The summed E-state index contributed by atoms with van der Waals surface area (Å²) in [4.78, 5) is 0. The maximum Gasteiger partial charge on any atom is 0.296 e. The molecule has 4 nitrogen and oxygen atoms in total. The Hall–Kier alpha value is -7.69. The third kappa shape index (κ3) is 8.07. The van der Waals surface area contributed by atoms with Gasteiger partial charge in [0, 0.05) is 51.4 Å².